The first kappa shape index (κ1) is 28.2. The highest BCUT2D eigenvalue weighted by atomic mass is 19.4. The molecule has 0 saturated carbocycles. The third-order valence-electron chi connectivity index (χ3n) is 4.84. The fourth-order valence-corrected chi connectivity index (χ4v) is 2.87. The van der Waals surface area contributed by atoms with E-state index in [-0.39, 0.29) is 16.9 Å². The Morgan fingerprint density at radius 1 is 0.771 bits per heavy atom. The van der Waals surface area contributed by atoms with Gasteiger partial charge in [0.15, 0.2) is 11.6 Å². The maximum atomic E-state index is 14.1. The Morgan fingerprint density at radius 3 is 1.86 bits per heavy atom. The maximum Gasteiger partial charge on any atom is 0.460 e. The van der Waals surface area contributed by atoms with Gasteiger partial charge < -0.3 is 9.84 Å². The van der Waals surface area contributed by atoms with E-state index in [9.17, 15) is 53.1 Å². The number of aromatic carboxylic acids is 1. The van der Waals surface area contributed by atoms with Crippen LogP contribution in [-0.2, 0) is 0 Å². The summed E-state index contributed by atoms with van der Waals surface area (Å²) in [6.45, 7) is -0.410. The molecule has 2 aromatic rings. The van der Waals surface area contributed by atoms with Gasteiger partial charge in [0.05, 0.1) is 12.2 Å². The lowest BCUT2D eigenvalue weighted by atomic mass is 9.99. The monoisotopic (exact) mass is 524 g/mol. The van der Waals surface area contributed by atoms with Gasteiger partial charge in [-0.25, -0.2) is 13.6 Å². The summed E-state index contributed by atoms with van der Waals surface area (Å²) in [5.74, 6) is -23.9. The summed E-state index contributed by atoms with van der Waals surface area (Å²) in [4.78, 5) is 10.8. The van der Waals surface area contributed by atoms with Crippen molar-refractivity contribution in [2.45, 2.75) is 43.2 Å². The smallest absolute Gasteiger partial charge is 0.460 e. The Bertz CT molecular complexity index is 1050. The predicted molar refractivity (Wildman–Crippen MR) is 99.0 cm³/mol. The van der Waals surface area contributed by atoms with E-state index in [0.29, 0.717) is 0 Å². The van der Waals surface area contributed by atoms with Crippen LogP contribution in [-0.4, -0.2) is 41.6 Å². The molecule has 0 aliphatic carbocycles. The molecular formula is C21H15F11O3. The molecule has 0 aromatic heterocycles. The number of carboxylic acids is 1. The van der Waals surface area contributed by atoms with Crippen LogP contribution >= 0.6 is 0 Å². The van der Waals surface area contributed by atoms with Crippen LogP contribution in [0.1, 0.15) is 29.6 Å². The molecule has 3 nitrogen and oxygen atoms in total. The van der Waals surface area contributed by atoms with Crippen molar-refractivity contribution >= 4 is 5.97 Å². The van der Waals surface area contributed by atoms with Gasteiger partial charge in [0.25, 0.3) is 0 Å². The molecule has 0 aliphatic rings. The first-order chi connectivity index (χ1) is 15.9. The van der Waals surface area contributed by atoms with E-state index in [0.717, 1.165) is 12.1 Å². The molecule has 0 radical (unpaired) electrons. The van der Waals surface area contributed by atoms with E-state index in [1.807, 2.05) is 0 Å². The van der Waals surface area contributed by atoms with Gasteiger partial charge in [0.2, 0.25) is 0 Å². The van der Waals surface area contributed by atoms with Crippen LogP contribution in [0, 0.1) is 11.6 Å². The minimum atomic E-state index is -6.93. The van der Waals surface area contributed by atoms with Crippen LogP contribution in [0.15, 0.2) is 36.4 Å². The van der Waals surface area contributed by atoms with Crippen LogP contribution < -0.4 is 4.74 Å². The maximum absolute atomic E-state index is 14.1. The van der Waals surface area contributed by atoms with Crippen molar-refractivity contribution in [3.05, 3.63) is 53.6 Å². The fraction of sp³-hybridized carbons (Fsp3) is 0.381. The second kappa shape index (κ2) is 9.90. The molecule has 0 atom stereocenters. The SMILES string of the molecule is O=C(O)c1ccc(-c2ccc(OCCCCC(F)(F)C(F)(F)C(F)(F)C(F)(F)F)cc2)c(F)c1F. The van der Waals surface area contributed by atoms with Gasteiger partial charge in [-0.15, -0.1) is 0 Å². The summed E-state index contributed by atoms with van der Waals surface area (Å²) in [6, 6.07) is 6.80. The van der Waals surface area contributed by atoms with E-state index >= 15 is 0 Å². The van der Waals surface area contributed by atoms with Crippen molar-refractivity contribution in [3.63, 3.8) is 0 Å². The van der Waals surface area contributed by atoms with E-state index in [4.69, 9.17) is 9.84 Å². The molecule has 35 heavy (non-hydrogen) atoms. The quantitative estimate of drug-likeness (QED) is 0.261. The van der Waals surface area contributed by atoms with Gasteiger partial charge in [-0.1, -0.05) is 18.2 Å². The highest BCUT2D eigenvalue weighted by Crippen LogP contribution is 2.54. The standard InChI is InChI=1S/C21H15F11O3/c22-15-13(7-8-14(16(15)23)17(33)34)11-3-5-12(6-4-11)35-10-2-1-9-18(24,25)19(26,27)20(28,29)21(30,31)32/h3-8H,1-2,9-10H2,(H,33,34). The van der Waals surface area contributed by atoms with Gasteiger partial charge in [-0.3, -0.25) is 0 Å². The van der Waals surface area contributed by atoms with Crippen molar-refractivity contribution < 1.29 is 62.9 Å². The molecular weight excluding hydrogens is 509 g/mol. The summed E-state index contributed by atoms with van der Waals surface area (Å²) in [5, 5.41) is 8.78. The van der Waals surface area contributed by atoms with Crippen LogP contribution in [0.4, 0.5) is 48.3 Å². The molecule has 0 bridgehead atoms. The third-order valence-corrected chi connectivity index (χ3v) is 4.84. The molecule has 0 fully saturated rings. The number of unbranched alkanes of at least 4 members (excludes halogenated alkanes) is 1. The van der Waals surface area contributed by atoms with E-state index in [1.165, 1.54) is 24.3 Å². The first-order valence-corrected chi connectivity index (χ1v) is 9.58. The predicted octanol–water partition coefficient (Wildman–Crippen LogP) is 7.35. The number of ether oxygens (including phenoxy) is 1. The topological polar surface area (TPSA) is 46.5 Å². The van der Waals surface area contributed by atoms with Crippen LogP contribution in [0.2, 0.25) is 0 Å². The minimum Gasteiger partial charge on any atom is -0.494 e. The van der Waals surface area contributed by atoms with Gasteiger partial charge >= 0.3 is 29.9 Å². The van der Waals surface area contributed by atoms with Crippen molar-refractivity contribution in [2.75, 3.05) is 6.61 Å². The second-order valence-corrected chi connectivity index (χ2v) is 7.27. The van der Waals surface area contributed by atoms with E-state index in [2.05, 4.69) is 0 Å². The molecule has 0 aliphatic heterocycles. The molecule has 14 heteroatoms. The summed E-state index contributed by atoms with van der Waals surface area (Å²) in [6.07, 6.45) is -10.1. The number of carboxylic acid groups (broad SMARTS) is 1. The Balaban J connectivity index is 1.94. The normalized spacial score (nSPS) is 13.1. The second-order valence-electron chi connectivity index (χ2n) is 7.27. The Hall–Kier alpha value is -3.06. The summed E-state index contributed by atoms with van der Waals surface area (Å²) in [5.41, 5.74) is -1.05. The summed E-state index contributed by atoms with van der Waals surface area (Å²) in [7, 11) is 0. The van der Waals surface area contributed by atoms with Crippen LogP contribution in [0.3, 0.4) is 0 Å². The highest BCUT2D eigenvalue weighted by molar-refractivity contribution is 5.88. The zero-order valence-corrected chi connectivity index (χ0v) is 17.2. The van der Waals surface area contributed by atoms with Gasteiger partial charge in [-0.2, -0.15) is 39.5 Å². The van der Waals surface area contributed by atoms with Crippen molar-refractivity contribution in [1.82, 2.24) is 0 Å². The molecule has 0 amide bonds. The van der Waals surface area contributed by atoms with Gasteiger partial charge in [0.1, 0.15) is 5.75 Å². The lowest BCUT2D eigenvalue weighted by Crippen LogP contribution is -2.60. The van der Waals surface area contributed by atoms with Crippen LogP contribution in [0.5, 0.6) is 5.75 Å². The minimum absolute atomic E-state index is 0.0532. The average molecular weight is 524 g/mol. The molecule has 2 rings (SSSR count). The van der Waals surface area contributed by atoms with Crippen LogP contribution in [0.25, 0.3) is 11.1 Å². The Labute approximate surface area is 190 Å². The van der Waals surface area contributed by atoms with Crippen molar-refractivity contribution in [3.8, 4) is 16.9 Å². The number of rotatable bonds is 10. The lowest BCUT2D eigenvalue weighted by molar-refractivity contribution is -0.396. The number of alkyl halides is 9. The number of hydrogen-bond acceptors (Lipinski definition) is 2. The summed E-state index contributed by atoms with van der Waals surface area (Å²) < 4.78 is 148. The molecule has 1 N–H and O–H groups in total. The Kier molecular flexibility index (Phi) is 7.97. The van der Waals surface area contributed by atoms with Crippen molar-refractivity contribution in [2.24, 2.45) is 0 Å². The lowest BCUT2D eigenvalue weighted by Gasteiger charge is -2.33. The molecule has 0 saturated heterocycles. The average Bonchev–Trinajstić information content (AvgIpc) is 2.74. The molecule has 0 unspecified atom stereocenters. The van der Waals surface area contributed by atoms with E-state index in [1.54, 1.807) is 0 Å². The zero-order chi connectivity index (χ0) is 26.8. The fourth-order valence-electron chi connectivity index (χ4n) is 2.87. The number of carbonyl (C=O) groups is 1. The molecule has 2 aromatic carbocycles. The van der Waals surface area contributed by atoms with Crippen molar-refractivity contribution in [1.29, 1.82) is 0 Å². The number of hydrogen-bond donors (Lipinski definition) is 1. The highest BCUT2D eigenvalue weighted by Gasteiger charge is 2.81. The summed E-state index contributed by atoms with van der Waals surface area (Å²) >= 11 is 0. The number of benzene rings is 2. The van der Waals surface area contributed by atoms with E-state index < -0.39 is 73.0 Å². The first-order valence-electron chi connectivity index (χ1n) is 9.58. The largest absolute Gasteiger partial charge is 0.494 e. The Morgan fingerprint density at radius 2 is 1.34 bits per heavy atom. The van der Waals surface area contributed by atoms with Gasteiger partial charge in [0, 0.05) is 12.0 Å². The molecule has 0 heterocycles. The molecule has 194 valence electrons. The van der Waals surface area contributed by atoms with Gasteiger partial charge in [-0.05, 0) is 36.6 Å². The third kappa shape index (κ3) is 5.61. The number of halogens is 11. The molecule has 0 spiro atoms. The zero-order valence-electron chi connectivity index (χ0n) is 17.2.